The predicted octanol–water partition coefficient (Wildman–Crippen LogP) is 3.56. The Labute approximate surface area is 151 Å². The van der Waals surface area contributed by atoms with Gasteiger partial charge in [-0.25, -0.2) is 0 Å². The maximum atomic E-state index is 4.62. The number of aromatic amines is 1. The first-order valence-corrected chi connectivity index (χ1v) is 9.78. The molecule has 0 saturated carbocycles. The summed E-state index contributed by atoms with van der Waals surface area (Å²) < 4.78 is 0. The lowest BCUT2D eigenvalue weighted by molar-refractivity contribution is 0.117. The zero-order valence-electron chi connectivity index (χ0n) is 15.5. The van der Waals surface area contributed by atoms with Crippen molar-refractivity contribution in [3.05, 3.63) is 41.6 Å². The van der Waals surface area contributed by atoms with Gasteiger partial charge < -0.3 is 4.90 Å². The van der Waals surface area contributed by atoms with Crippen LogP contribution in [0.15, 0.2) is 30.3 Å². The van der Waals surface area contributed by atoms with Crippen LogP contribution in [-0.4, -0.2) is 52.2 Å². The van der Waals surface area contributed by atoms with Gasteiger partial charge in [-0.1, -0.05) is 30.3 Å². The first-order chi connectivity index (χ1) is 12.2. The Morgan fingerprint density at radius 3 is 2.60 bits per heavy atom. The van der Waals surface area contributed by atoms with Crippen LogP contribution in [0.25, 0.3) is 11.3 Å². The number of likely N-dealkylation sites (tertiary alicyclic amines) is 1. The number of piperidine rings is 1. The third-order valence-corrected chi connectivity index (χ3v) is 5.96. The molecule has 0 aliphatic carbocycles. The first-order valence-electron chi connectivity index (χ1n) is 9.78. The molecular formula is C21H30N4. The molecule has 3 heterocycles. The Morgan fingerprint density at radius 2 is 1.88 bits per heavy atom. The van der Waals surface area contributed by atoms with Gasteiger partial charge in [0.2, 0.25) is 0 Å². The smallest absolute Gasteiger partial charge is 0.0968 e. The van der Waals surface area contributed by atoms with Crippen LogP contribution in [0.2, 0.25) is 0 Å². The second-order valence-corrected chi connectivity index (χ2v) is 7.95. The van der Waals surface area contributed by atoms with E-state index in [9.17, 15) is 0 Å². The largest absolute Gasteiger partial charge is 0.301 e. The second-order valence-electron chi connectivity index (χ2n) is 7.95. The first kappa shape index (κ1) is 16.8. The third-order valence-electron chi connectivity index (χ3n) is 5.96. The molecule has 1 aromatic heterocycles. The molecule has 25 heavy (non-hydrogen) atoms. The number of nitrogens with one attached hydrogen (secondary N) is 1. The summed E-state index contributed by atoms with van der Waals surface area (Å²) >= 11 is 0. The monoisotopic (exact) mass is 338 g/mol. The fraction of sp³-hybridized carbons (Fsp3) is 0.571. The van der Waals surface area contributed by atoms with E-state index in [0.717, 1.165) is 31.1 Å². The van der Waals surface area contributed by atoms with Crippen molar-refractivity contribution in [2.45, 2.75) is 45.7 Å². The van der Waals surface area contributed by atoms with Crippen LogP contribution in [0, 0.1) is 5.92 Å². The molecule has 0 bridgehead atoms. The molecule has 1 aromatic carbocycles. The second kappa shape index (κ2) is 7.30. The van der Waals surface area contributed by atoms with Gasteiger partial charge in [0.15, 0.2) is 0 Å². The van der Waals surface area contributed by atoms with Gasteiger partial charge in [0.25, 0.3) is 0 Å². The molecule has 134 valence electrons. The molecule has 0 spiro atoms. The number of H-pyrrole nitrogens is 1. The average molecular weight is 338 g/mol. The molecule has 0 amide bonds. The van der Waals surface area contributed by atoms with E-state index in [1.54, 1.807) is 0 Å². The minimum absolute atomic E-state index is 0.692. The molecule has 2 aromatic rings. The van der Waals surface area contributed by atoms with E-state index in [4.69, 9.17) is 0 Å². The maximum Gasteiger partial charge on any atom is 0.0968 e. The highest BCUT2D eigenvalue weighted by Gasteiger charge is 2.27. The Morgan fingerprint density at radius 1 is 1.12 bits per heavy atom. The fourth-order valence-electron chi connectivity index (χ4n) is 4.36. The van der Waals surface area contributed by atoms with Gasteiger partial charge in [-0.15, -0.1) is 0 Å². The van der Waals surface area contributed by atoms with Crippen molar-refractivity contribution in [1.29, 1.82) is 0 Å². The SMILES string of the molecule is CC(C)N1CCC(CN2CCc3[nH]nc(-c4ccccc4)c3C2)CC1. The molecular weight excluding hydrogens is 308 g/mol. The molecule has 2 aliphatic heterocycles. The minimum atomic E-state index is 0.692. The molecule has 1 N–H and O–H groups in total. The van der Waals surface area contributed by atoms with Gasteiger partial charge >= 0.3 is 0 Å². The Balaban J connectivity index is 1.41. The molecule has 0 radical (unpaired) electrons. The van der Waals surface area contributed by atoms with Crippen molar-refractivity contribution in [2.75, 3.05) is 26.2 Å². The normalized spacial score (nSPS) is 20.1. The van der Waals surface area contributed by atoms with Crippen LogP contribution in [-0.2, 0) is 13.0 Å². The van der Waals surface area contributed by atoms with Crippen LogP contribution < -0.4 is 0 Å². The summed E-state index contributed by atoms with van der Waals surface area (Å²) in [5.74, 6) is 0.851. The standard InChI is InChI=1S/C21H30N4/c1-16(2)25-12-8-17(9-13-25)14-24-11-10-20-19(15-24)21(23-22-20)18-6-4-3-5-7-18/h3-7,16-17H,8-15H2,1-2H3,(H,22,23). The summed E-state index contributed by atoms with van der Waals surface area (Å²) in [6.07, 6.45) is 3.79. The summed E-state index contributed by atoms with van der Waals surface area (Å²) in [6, 6.07) is 11.3. The van der Waals surface area contributed by atoms with Crippen molar-refractivity contribution in [2.24, 2.45) is 5.92 Å². The zero-order chi connectivity index (χ0) is 17.2. The summed E-state index contributed by atoms with van der Waals surface area (Å²) in [7, 11) is 0. The molecule has 1 fully saturated rings. The van der Waals surface area contributed by atoms with Crippen LogP contribution in [0.1, 0.15) is 37.9 Å². The van der Waals surface area contributed by atoms with E-state index < -0.39 is 0 Å². The molecule has 0 unspecified atom stereocenters. The zero-order valence-corrected chi connectivity index (χ0v) is 15.5. The number of rotatable bonds is 4. The number of nitrogens with zero attached hydrogens (tertiary/aromatic N) is 3. The van der Waals surface area contributed by atoms with Gasteiger partial charge in [0.1, 0.15) is 0 Å². The van der Waals surface area contributed by atoms with Crippen molar-refractivity contribution in [1.82, 2.24) is 20.0 Å². The van der Waals surface area contributed by atoms with Crippen LogP contribution in [0.4, 0.5) is 0 Å². The van der Waals surface area contributed by atoms with Crippen molar-refractivity contribution >= 4 is 0 Å². The number of aromatic nitrogens is 2. The lowest BCUT2D eigenvalue weighted by atomic mass is 9.94. The number of hydrogen-bond donors (Lipinski definition) is 1. The minimum Gasteiger partial charge on any atom is -0.301 e. The van der Waals surface area contributed by atoms with Crippen molar-refractivity contribution < 1.29 is 0 Å². The Hall–Kier alpha value is -1.65. The summed E-state index contributed by atoms with van der Waals surface area (Å²) in [5.41, 5.74) is 5.13. The van der Waals surface area contributed by atoms with E-state index in [1.807, 2.05) is 0 Å². The van der Waals surface area contributed by atoms with E-state index in [-0.39, 0.29) is 0 Å². The molecule has 4 heteroatoms. The van der Waals surface area contributed by atoms with E-state index in [2.05, 4.69) is 64.2 Å². The highest BCUT2D eigenvalue weighted by molar-refractivity contribution is 5.64. The molecule has 0 atom stereocenters. The van der Waals surface area contributed by atoms with Crippen molar-refractivity contribution in [3.8, 4) is 11.3 Å². The maximum absolute atomic E-state index is 4.62. The number of hydrogen-bond acceptors (Lipinski definition) is 3. The molecule has 4 rings (SSSR count). The van der Waals surface area contributed by atoms with Gasteiger partial charge in [-0.05, 0) is 45.7 Å². The lowest BCUT2D eigenvalue weighted by Gasteiger charge is -2.37. The lowest BCUT2D eigenvalue weighted by Crippen LogP contribution is -2.42. The summed E-state index contributed by atoms with van der Waals surface area (Å²) in [5, 5.41) is 7.90. The van der Waals surface area contributed by atoms with E-state index in [0.29, 0.717) is 6.04 Å². The van der Waals surface area contributed by atoms with Gasteiger partial charge in [-0.2, -0.15) is 5.10 Å². The fourth-order valence-corrected chi connectivity index (χ4v) is 4.36. The highest BCUT2D eigenvalue weighted by atomic mass is 15.2. The third kappa shape index (κ3) is 3.65. The molecule has 2 aliphatic rings. The summed E-state index contributed by atoms with van der Waals surface area (Å²) in [6.45, 7) is 10.6. The van der Waals surface area contributed by atoms with Crippen LogP contribution in [0.5, 0.6) is 0 Å². The molecule has 1 saturated heterocycles. The topological polar surface area (TPSA) is 35.2 Å². The van der Waals surface area contributed by atoms with E-state index >= 15 is 0 Å². The van der Waals surface area contributed by atoms with Gasteiger partial charge in [0.05, 0.1) is 5.69 Å². The van der Waals surface area contributed by atoms with E-state index in [1.165, 1.54) is 49.3 Å². The quantitative estimate of drug-likeness (QED) is 0.926. The predicted molar refractivity (Wildman–Crippen MR) is 102 cm³/mol. The Kier molecular flexibility index (Phi) is 4.91. The van der Waals surface area contributed by atoms with Gasteiger partial charge in [-0.3, -0.25) is 10.00 Å². The Bertz CT molecular complexity index is 683. The average Bonchev–Trinajstić information content (AvgIpc) is 3.06. The highest BCUT2D eigenvalue weighted by Crippen LogP contribution is 2.29. The van der Waals surface area contributed by atoms with Crippen LogP contribution >= 0.6 is 0 Å². The number of benzene rings is 1. The molecule has 4 nitrogen and oxygen atoms in total. The summed E-state index contributed by atoms with van der Waals surface area (Å²) in [4.78, 5) is 5.27. The van der Waals surface area contributed by atoms with Gasteiger partial charge in [0, 0.05) is 48.9 Å². The number of fused-ring (bicyclic) bond motifs is 1. The van der Waals surface area contributed by atoms with Crippen LogP contribution in [0.3, 0.4) is 0 Å². The van der Waals surface area contributed by atoms with Crippen molar-refractivity contribution in [3.63, 3.8) is 0 Å².